The van der Waals surface area contributed by atoms with Crippen molar-refractivity contribution in [3.8, 4) is 5.88 Å². The number of nitrogens with two attached hydrogens (primary N) is 3. The molecule has 0 radical (unpaired) electrons. The van der Waals surface area contributed by atoms with Gasteiger partial charge in [0.2, 0.25) is 12.3 Å². The third kappa shape index (κ3) is 3.82. The zero-order valence-electron chi connectivity index (χ0n) is 16.2. The number of rotatable bonds is 2. The first-order valence-electron chi connectivity index (χ1n) is 9.14. The second-order valence-electron chi connectivity index (χ2n) is 7.23. The molecule has 0 saturated heterocycles. The van der Waals surface area contributed by atoms with Crippen LogP contribution in [0.5, 0.6) is 5.88 Å². The molecule has 1 aromatic heterocycles. The molecule has 2 heterocycles. The standard InChI is InChI=1S/C10H11N.C8H13N3O2S.CH3NO/c11-10-8-3-1-6(8)5-7-2-4-9(7)10;1-8(12-2)4-11-7(13-5-8)6(14-9)3-10-11;2-1-3/h5H,1-4,11H2;3H,4-5,9H2,1-2H3;1H,(H2,2,3). The SMILES string of the molecule is COC1(C)COc2c(SN)cnn2C1.NC=O.Nc1c2c(cc3c1CC3)CC2. The van der Waals surface area contributed by atoms with Gasteiger partial charge >= 0.3 is 0 Å². The van der Waals surface area contributed by atoms with Crippen molar-refractivity contribution in [1.29, 1.82) is 0 Å². The fraction of sp³-hybridized carbons (Fsp3) is 0.474. The predicted molar refractivity (Wildman–Crippen MR) is 109 cm³/mol. The lowest BCUT2D eigenvalue weighted by atomic mass is 9.77. The van der Waals surface area contributed by atoms with Gasteiger partial charge in [0, 0.05) is 12.8 Å². The van der Waals surface area contributed by atoms with Gasteiger partial charge in [-0.15, -0.1) is 0 Å². The molecule has 152 valence electrons. The number of methoxy groups -OCH3 is 1. The monoisotopic (exact) mass is 405 g/mol. The molecule has 2 aromatic rings. The van der Waals surface area contributed by atoms with E-state index in [0.29, 0.717) is 13.2 Å². The smallest absolute Gasteiger partial charge is 0.227 e. The highest BCUT2D eigenvalue weighted by Crippen LogP contribution is 2.38. The summed E-state index contributed by atoms with van der Waals surface area (Å²) in [5, 5.41) is 9.65. The van der Waals surface area contributed by atoms with E-state index in [1.165, 1.54) is 47.9 Å². The van der Waals surface area contributed by atoms with Crippen molar-refractivity contribution in [2.24, 2.45) is 10.9 Å². The Balaban J connectivity index is 0.000000144. The van der Waals surface area contributed by atoms with Crippen LogP contribution >= 0.6 is 11.9 Å². The molecule has 2 aliphatic carbocycles. The molecule has 1 aromatic carbocycles. The van der Waals surface area contributed by atoms with Crippen LogP contribution in [0.4, 0.5) is 5.69 Å². The average Bonchev–Trinajstić information content (AvgIpc) is 3.02. The van der Waals surface area contributed by atoms with E-state index in [1.807, 2.05) is 6.92 Å². The van der Waals surface area contributed by atoms with Crippen LogP contribution in [-0.2, 0) is 41.8 Å². The number of nitrogen functional groups attached to an aromatic ring is 1. The number of ether oxygens (including phenoxy) is 2. The molecule has 0 spiro atoms. The maximum Gasteiger partial charge on any atom is 0.227 e. The maximum atomic E-state index is 8.58. The summed E-state index contributed by atoms with van der Waals surface area (Å²) in [6, 6.07) is 2.36. The zero-order valence-corrected chi connectivity index (χ0v) is 17.1. The number of aromatic nitrogens is 2. The summed E-state index contributed by atoms with van der Waals surface area (Å²) < 4.78 is 12.7. The van der Waals surface area contributed by atoms with Gasteiger partial charge in [0.25, 0.3) is 0 Å². The van der Waals surface area contributed by atoms with Crippen molar-refractivity contribution >= 4 is 24.0 Å². The molecule has 8 nitrogen and oxygen atoms in total. The molecule has 0 bridgehead atoms. The van der Waals surface area contributed by atoms with Crippen LogP contribution in [0.3, 0.4) is 0 Å². The first-order valence-corrected chi connectivity index (χ1v) is 10.0. The van der Waals surface area contributed by atoms with Crippen LogP contribution < -0.4 is 21.3 Å². The minimum absolute atomic E-state index is 0.250. The van der Waals surface area contributed by atoms with E-state index in [0.717, 1.165) is 28.4 Å². The number of fused-ring (bicyclic) bond motifs is 3. The van der Waals surface area contributed by atoms with Gasteiger partial charge in [-0.25, -0.2) is 4.68 Å². The summed E-state index contributed by atoms with van der Waals surface area (Å²) in [5.41, 5.74) is 16.9. The second-order valence-corrected chi connectivity index (χ2v) is 7.91. The van der Waals surface area contributed by atoms with E-state index >= 15 is 0 Å². The molecule has 1 amide bonds. The molecule has 0 fully saturated rings. The van der Waals surface area contributed by atoms with Gasteiger partial charge < -0.3 is 20.9 Å². The van der Waals surface area contributed by atoms with Gasteiger partial charge in [0.05, 0.1) is 12.7 Å². The normalized spacial score (nSPS) is 20.2. The van der Waals surface area contributed by atoms with Crippen molar-refractivity contribution in [2.75, 3.05) is 19.5 Å². The van der Waals surface area contributed by atoms with Crippen LogP contribution in [0.15, 0.2) is 17.2 Å². The van der Waals surface area contributed by atoms with Crippen LogP contribution in [0.1, 0.15) is 29.2 Å². The van der Waals surface area contributed by atoms with Gasteiger partial charge in [0.15, 0.2) is 0 Å². The lowest BCUT2D eigenvalue weighted by Gasteiger charge is -2.32. The molecule has 1 unspecified atom stereocenters. The number of primary amides is 1. The first kappa shape index (κ1) is 20.5. The van der Waals surface area contributed by atoms with E-state index in [1.54, 1.807) is 18.0 Å². The Morgan fingerprint density at radius 2 is 1.89 bits per heavy atom. The maximum absolute atomic E-state index is 8.58. The summed E-state index contributed by atoms with van der Waals surface area (Å²) in [4.78, 5) is 9.45. The molecule has 1 aliphatic heterocycles. The van der Waals surface area contributed by atoms with E-state index in [9.17, 15) is 0 Å². The first-order chi connectivity index (χ1) is 13.5. The van der Waals surface area contributed by atoms with Crippen molar-refractivity contribution in [3.63, 3.8) is 0 Å². The number of anilines is 1. The Kier molecular flexibility index (Phi) is 6.17. The van der Waals surface area contributed by atoms with Crippen LogP contribution in [-0.4, -0.2) is 35.5 Å². The lowest BCUT2D eigenvalue weighted by molar-refractivity contribution is -0.106. The minimum atomic E-state index is -0.296. The number of nitrogens with zero attached hydrogens (tertiary/aromatic N) is 2. The lowest BCUT2D eigenvalue weighted by Crippen LogP contribution is -2.43. The third-order valence-electron chi connectivity index (χ3n) is 5.44. The van der Waals surface area contributed by atoms with Crippen LogP contribution in [0.2, 0.25) is 0 Å². The molecule has 6 N–H and O–H groups in total. The molecule has 9 heteroatoms. The number of amides is 1. The minimum Gasteiger partial charge on any atom is -0.474 e. The summed E-state index contributed by atoms with van der Waals surface area (Å²) >= 11 is 1.15. The predicted octanol–water partition coefficient (Wildman–Crippen LogP) is 1.21. The van der Waals surface area contributed by atoms with Crippen molar-refractivity contribution in [1.82, 2.24) is 9.78 Å². The summed E-state index contributed by atoms with van der Waals surface area (Å²) in [6.45, 7) is 3.22. The number of hydrogen-bond donors (Lipinski definition) is 3. The van der Waals surface area contributed by atoms with Crippen LogP contribution in [0, 0.1) is 0 Å². The second kappa shape index (κ2) is 8.42. The number of aryl methyl sites for hydroxylation is 2. The van der Waals surface area contributed by atoms with Crippen molar-refractivity contribution in [3.05, 3.63) is 34.5 Å². The highest BCUT2D eigenvalue weighted by molar-refractivity contribution is 7.97. The average molecular weight is 406 g/mol. The summed E-state index contributed by atoms with van der Waals surface area (Å²) in [6.07, 6.45) is 6.91. The Bertz CT molecular complexity index is 839. The molecule has 5 rings (SSSR count). The fourth-order valence-corrected chi connectivity index (χ4v) is 3.89. The Morgan fingerprint density at radius 1 is 1.29 bits per heavy atom. The quantitative estimate of drug-likeness (QED) is 0.389. The van der Waals surface area contributed by atoms with Crippen molar-refractivity contribution in [2.45, 2.75) is 49.6 Å². The van der Waals surface area contributed by atoms with Crippen molar-refractivity contribution < 1.29 is 14.3 Å². The highest BCUT2D eigenvalue weighted by Gasteiger charge is 2.33. The topological polar surface area (TPSA) is 131 Å². The van der Waals surface area contributed by atoms with E-state index < -0.39 is 0 Å². The Hall–Kier alpha value is -2.23. The molecule has 3 aliphatic rings. The molecular formula is C19H27N5O3S. The van der Waals surface area contributed by atoms with E-state index in [-0.39, 0.29) is 12.0 Å². The van der Waals surface area contributed by atoms with Gasteiger partial charge in [-0.3, -0.25) is 9.93 Å². The summed E-state index contributed by atoms with van der Waals surface area (Å²) in [5.74, 6) is 0.743. The highest BCUT2D eigenvalue weighted by atomic mass is 32.2. The molecular weight excluding hydrogens is 378 g/mol. The van der Waals surface area contributed by atoms with Gasteiger partial charge in [-0.1, -0.05) is 6.07 Å². The van der Waals surface area contributed by atoms with E-state index in [2.05, 4.69) is 16.9 Å². The summed E-state index contributed by atoms with van der Waals surface area (Å²) in [7, 11) is 1.68. The van der Waals surface area contributed by atoms with Crippen LogP contribution in [0.25, 0.3) is 0 Å². The Morgan fingerprint density at radius 3 is 2.36 bits per heavy atom. The van der Waals surface area contributed by atoms with Gasteiger partial charge in [-0.2, -0.15) is 5.10 Å². The zero-order chi connectivity index (χ0) is 20.3. The molecule has 0 saturated carbocycles. The largest absolute Gasteiger partial charge is 0.474 e. The number of hydrogen-bond acceptors (Lipinski definition) is 7. The number of carbonyl (C=O) groups is 1. The van der Waals surface area contributed by atoms with Gasteiger partial charge in [-0.05, 0) is 66.8 Å². The number of benzene rings is 1. The number of carbonyl (C=O) groups excluding carboxylic acids is 1. The Labute approximate surface area is 168 Å². The fourth-order valence-electron chi connectivity index (χ4n) is 3.52. The third-order valence-corrected chi connectivity index (χ3v) is 5.97. The van der Waals surface area contributed by atoms with E-state index in [4.69, 9.17) is 25.1 Å². The molecule has 1 atom stereocenters. The van der Waals surface area contributed by atoms with Gasteiger partial charge in [0.1, 0.15) is 17.1 Å². The molecule has 28 heavy (non-hydrogen) atoms.